The van der Waals surface area contributed by atoms with Crippen molar-refractivity contribution < 1.29 is 0 Å². The van der Waals surface area contributed by atoms with Crippen molar-refractivity contribution in [2.75, 3.05) is 5.32 Å². The van der Waals surface area contributed by atoms with Crippen molar-refractivity contribution in [1.29, 1.82) is 0 Å². The van der Waals surface area contributed by atoms with Crippen molar-refractivity contribution in [1.82, 2.24) is 4.57 Å². The zero-order chi connectivity index (χ0) is 15.2. The predicted octanol–water partition coefficient (Wildman–Crippen LogP) is 4.47. The largest absolute Gasteiger partial charge is 0.377 e. The van der Waals surface area contributed by atoms with Crippen molar-refractivity contribution >= 4 is 17.3 Å². The van der Waals surface area contributed by atoms with E-state index in [2.05, 4.69) is 19.2 Å². The summed E-state index contributed by atoms with van der Waals surface area (Å²) in [5.41, 5.74) is 2.20. The summed E-state index contributed by atoms with van der Waals surface area (Å²) in [6.07, 6.45) is 3.79. The number of hydrogen-bond donors (Lipinski definition) is 1. The third kappa shape index (κ3) is 4.11. The Hall–Kier alpha value is -1.74. The molecule has 0 saturated carbocycles. The number of pyridine rings is 1. The minimum Gasteiger partial charge on any atom is -0.377 e. The molecule has 4 heteroatoms. The Labute approximate surface area is 130 Å². The van der Waals surface area contributed by atoms with E-state index in [4.69, 9.17) is 11.6 Å². The molecule has 1 aromatic carbocycles. The van der Waals surface area contributed by atoms with Crippen LogP contribution >= 0.6 is 11.6 Å². The zero-order valence-corrected chi connectivity index (χ0v) is 13.2. The van der Waals surface area contributed by atoms with Crippen LogP contribution in [0.4, 0.5) is 5.69 Å². The molecule has 0 aliphatic rings. The molecule has 0 amide bonds. The first kappa shape index (κ1) is 15.6. The maximum absolute atomic E-state index is 11.7. The molecule has 0 radical (unpaired) electrons. The van der Waals surface area contributed by atoms with Gasteiger partial charge in [-0.05, 0) is 36.6 Å². The average molecular weight is 305 g/mol. The average Bonchev–Trinajstić information content (AvgIpc) is 2.49. The Morgan fingerprint density at radius 3 is 2.48 bits per heavy atom. The van der Waals surface area contributed by atoms with E-state index in [0.717, 1.165) is 30.1 Å². The van der Waals surface area contributed by atoms with Crippen molar-refractivity contribution in [3.63, 3.8) is 0 Å². The fourth-order valence-electron chi connectivity index (χ4n) is 2.35. The molecular weight excluding hydrogens is 284 g/mol. The Morgan fingerprint density at radius 2 is 1.86 bits per heavy atom. The first-order chi connectivity index (χ1) is 10.1. The molecule has 2 aromatic rings. The van der Waals surface area contributed by atoms with Gasteiger partial charge in [-0.3, -0.25) is 4.79 Å². The maximum Gasteiger partial charge on any atom is 0.250 e. The third-order valence-electron chi connectivity index (χ3n) is 3.47. The summed E-state index contributed by atoms with van der Waals surface area (Å²) in [7, 11) is 0. The number of nitrogens with one attached hydrogen (secondary N) is 1. The summed E-state index contributed by atoms with van der Waals surface area (Å²) < 4.78 is 1.75. The highest BCUT2D eigenvalue weighted by atomic mass is 35.5. The first-order valence-electron chi connectivity index (χ1n) is 7.36. The van der Waals surface area contributed by atoms with Crippen LogP contribution < -0.4 is 10.9 Å². The lowest BCUT2D eigenvalue weighted by Crippen LogP contribution is -2.19. The number of anilines is 1. The monoisotopic (exact) mass is 304 g/mol. The summed E-state index contributed by atoms with van der Waals surface area (Å²) in [6.45, 7) is 4.94. The SMILES string of the molecule is CCCn1cc(NC(CC)c2ccc(Cl)cc2)ccc1=O. The smallest absolute Gasteiger partial charge is 0.250 e. The summed E-state index contributed by atoms with van der Waals surface area (Å²) in [4.78, 5) is 11.7. The maximum atomic E-state index is 11.7. The van der Waals surface area contributed by atoms with E-state index in [1.807, 2.05) is 36.5 Å². The fraction of sp³-hybridized carbons (Fsp3) is 0.353. The third-order valence-corrected chi connectivity index (χ3v) is 3.72. The second kappa shape index (κ2) is 7.32. The van der Waals surface area contributed by atoms with Crippen LogP contribution in [0.5, 0.6) is 0 Å². The molecule has 0 spiro atoms. The molecule has 3 nitrogen and oxygen atoms in total. The molecule has 0 fully saturated rings. The standard InChI is InChI=1S/C17H21ClN2O/c1-3-11-20-12-15(9-10-17(20)21)19-16(4-2)13-5-7-14(18)8-6-13/h5-10,12,16,19H,3-4,11H2,1-2H3. The lowest BCUT2D eigenvalue weighted by molar-refractivity contribution is 0.652. The summed E-state index contributed by atoms with van der Waals surface area (Å²) in [6, 6.07) is 11.5. The topological polar surface area (TPSA) is 34.0 Å². The molecule has 1 N–H and O–H groups in total. The summed E-state index contributed by atoms with van der Waals surface area (Å²) in [5, 5.41) is 4.23. The van der Waals surface area contributed by atoms with Crippen molar-refractivity contribution in [2.45, 2.75) is 39.3 Å². The van der Waals surface area contributed by atoms with E-state index in [9.17, 15) is 4.79 Å². The summed E-state index contributed by atoms with van der Waals surface area (Å²) >= 11 is 5.93. The molecular formula is C17H21ClN2O. The number of aromatic nitrogens is 1. The second-order valence-electron chi connectivity index (χ2n) is 5.11. The van der Waals surface area contributed by atoms with Gasteiger partial charge >= 0.3 is 0 Å². The molecule has 1 heterocycles. The molecule has 0 aliphatic carbocycles. The molecule has 0 bridgehead atoms. The van der Waals surface area contributed by atoms with Gasteiger partial charge in [0.1, 0.15) is 0 Å². The van der Waals surface area contributed by atoms with Crippen LogP contribution in [-0.4, -0.2) is 4.57 Å². The van der Waals surface area contributed by atoms with Gasteiger partial charge in [0, 0.05) is 23.8 Å². The van der Waals surface area contributed by atoms with Gasteiger partial charge in [0.15, 0.2) is 0 Å². The van der Waals surface area contributed by atoms with Gasteiger partial charge in [-0.1, -0.05) is 37.6 Å². The van der Waals surface area contributed by atoms with Crippen molar-refractivity contribution in [3.8, 4) is 0 Å². The molecule has 1 aromatic heterocycles. The highest BCUT2D eigenvalue weighted by Crippen LogP contribution is 2.23. The number of hydrogen-bond acceptors (Lipinski definition) is 2. The van der Waals surface area contributed by atoms with Gasteiger partial charge in [-0.15, -0.1) is 0 Å². The van der Waals surface area contributed by atoms with Gasteiger partial charge in [0.05, 0.1) is 11.7 Å². The van der Waals surface area contributed by atoms with Crippen molar-refractivity contribution in [3.05, 3.63) is 63.5 Å². The highest BCUT2D eigenvalue weighted by molar-refractivity contribution is 6.30. The van der Waals surface area contributed by atoms with Crippen LogP contribution in [0, 0.1) is 0 Å². The van der Waals surface area contributed by atoms with Crippen LogP contribution in [0.1, 0.15) is 38.3 Å². The molecule has 1 atom stereocenters. The number of aryl methyl sites for hydroxylation is 1. The molecule has 0 saturated heterocycles. The van der Waals surface area contributed by atoms with Gasteiger partial charge in [-0.2, -0.15) is 0 Å². The number of nitrogens with zero attached hydrogens (tertiary/aromatic N) is 1. The number of halogens is 1. The molecule has 112 valence electrons. The minimum atomic E-state index is 0.0435. The Balaban J connectivity index is 2.20. The molecule has 1 unspecified atom stereocenters. The van der Waals surface area contributed by atoms with E-state index in [1.54, 1.807) is 10.6 Å². The van der Waals surface area contributed by atoms with Crippen LogP contribution in [0.25, 0.3) is 0 Å². The van der Waals surface area contributed by atoms with E-state index in [-0.39, 0.29) is 11.6 Å². The van der Waals surface area contributed by atoms with Crippen molar-refractivity contribution in [2.24, 2.45) is 0 Å². The predicted molar refractivity (Wildman–Crippen MR) is 89.1 cm³/mol. The Bertz CT molecular complexity index is 634. The van der Waals surface area contributed by atoms with Gasteiger partial charge < -0.3 is 9.88 Å². The van der Waals surface area contributed by atoms with Gasteiger partial charge in [-0.25, -0.2) is 0 Å². The van der Waals surface area contributed by atoms with E-state index >= 15 is 0 Å². The van der Waals surface area contributed by atoms with Crippen LogP contribution in [-0.2, 0) is 6.54 Å². The number of benzene rings is 1. The highest BCUT2D eigenvalue weighted by Gasteiger charge is 2.09. The molecule has 21 heavy (non-hydrogen) atoms. The lowest BCUT2D eigenvalue weighted by atomic mass is 10.0. The van der Waals surface area contributed by atoms with Gasteiger partial charge in [0.2, 0.25) is 0 Å². The Morgan fingerprint density at radius 1 is 1.14 bits per heavy atom. The van der Waals surface area contributed by atoms with Gasteiger partial charge in [0.25, 0.3) is 5.56 Å². The minimum absolute atomic E-state index is 0.0435. The second-order valence-corrected chi connectivity index (χ2v) is 5.54. The lowest BCUT2D eigenvalue weighted by Gasteiger charge is -2.19. The quantitative estimate of drug-likeness (QED) is 0.854. The molecule has 2 rings (SSSR count). The van der Waals surface area contributed by atoms with E-state index in [0.29, 0.717) is 0 Å². The zero-order valence-electron chi connectivity index (χ0n) is 12.5. The first-order valence-corrected chi connectivity index (χ1v) is 7.74. The van der Waals surface area contributed by atoms with E-state index in [1.165, 1.54) is 5.56 Å². The normalized spacial score (nSPS) is 12.1. The Kier molecular flexibility index (Phi) is 5.45. The van der Waals surface area contributed by atoms with Crippen LogP contribution in [0.2, 0.25) is 5.02 Å². The van der Waals surface area contributed by atoms with E-state index < -0.39 is 0 Å². The molecule has 0 aliphatic heterocycles. The fourth-order valence-corrected chi connectivity index (χ4v) is 2.48. The summed E-state index contributed by atoms with van der Waals surface area (Å²) in [5.74, 6) is 0. The van der Waals surface area contributed by atoms with Crippen LogP contribution in [0.3, 0.4) is 0 Å². The van der Waals surface area contributed by atoms with Crippen LogP contribution in [0.15, 0.2) is 47.4 Å². The number of rotatable bonds is 6.